The second-order valence-electron chi connectivity index (χ2n) is 9.12. The highest BCUT2D eigenvalue weighted by Crippen LogP contribution is 2.34. The summed E-state index contributed by atoms with van der Waals surface area (Å²) < 4.78 is 1.64. The van der Waals surface area contributed by atoms with E-state index in [1.54, 1.807) is 4.68 Å². The number of carbonyl (C=O) groups is 2. The Morgan fingerprint density at radius 3 is 2.66 bits per heavy atom. The Morgan fingerprint density at radius 2 is 1.97 bits per heavy atom. The lowest BCUT2D eigenvalue weighted by atomic mass is 10.00. The maximum absolute atomic E-state index is 13.8. The first-order chi connectivity index (χ1) is 15.4. The molecule has 1 saturated carbocycles. The zero-order valence-electron chi connectivity index (χ0n) is 19.0. The van der Waals surface area contributed by atoms with Gasteiger partial charge in [0.15, 0.2) is 0 Å². The summed E-state index contributed by atoms with van der Waals surface area (Å²) in [6.45, 7) is 6.14. The van der Waals surface area contributed by atoms with E-state index in [4.69, 9.17) is 0 Å². The number of amides is 2. The van der Waals surface area contributed by atoms with Crippen molar-refractivity contribution in [1.29, 1.82) is 0 Å². The lowest BCUT2D eigenvalue weighted by Gasteiger charge is -2.37. The third-order valence-corrected chi connectivity index (χ3v) is 7.32. The maximum atomic E-state index is 13.8. The van der Waals surface area contributed by atoms with E-state index in [2.05, 4.69) is 22.6 Å². The molecule has 0 aliphatic heterocycles. The van der Waals surface area contributed by atoms with Gasteiger partial charge in [0.1, 0.15) is 18.1 Å². The number of nitrogens with one attached hydrogen (secondary N) is 1. The van der Waals surface area contributed by atoms with Gasteiger partial charge in [0.25, 0.3) is 0 Å². The molecule has 0 radical (unpaired) electrons. The Bertz CT molecular complexity index is 1070. The summed E-state index contributed by atoms with van der Waals surface area (Å²) in [5, 5.41) is 13.5. The highest BCUT2D eigenvalue weighted by atomic mass is 32.1. The number of hydrogen-bond acceptors (Lipinski definition) is 5. The summed E-state index contributed by atoms with van der Waals surface area (Å²) in [5.74, 6) is -0.224. The minimum absolute atomic E-state index is 0.0416. The summed E-state index contributed by atoms with van der Waals surface area (Å²) >= 11 is 1.52. The van der Waals surface area contributed by atoms with Crippen LogP contribution in [-0.4, -0.2) is 43.3 Å². The molecular weight excluding hydrogens is 422 g/mol. The Kier molecular flexibility index (Phi) is 6.60. The molecule has 0 spiro atoms. The van der Waals surface area contributed by atoms with Gasteiger partial charge in [0.05, 0.1) is 5.52 Å². The molecule has 170 valence electrons. The predicted molar refractivity (Wildman–Crippen MR) is 126 cm³/mol. The molecule has 7 nitrogen and oxygen atoms in total. The zero-order chi connectivity index (χ0) is 22.7. The molecular formula is C24H31N5O2S. The molecule has 1 fully saturated rings. The quantitative estimate of drug-likeness (QED) is 0.551. The first-order valence-corrected chi connectivity index (χ1v) is 12.2. The molecule has 3 aromatic rings. The molecule has 32 heavy (non-hydrogen) atoms. The molecule has 1 N–H and O–H groups in total. The molecule has 0 bridgehead atoms. The van der Waals surface area contributed by atoms with Gasteiger partial charge >= 0.3 is 0 Å². The fourth-order valence-corrected chi connectivity index (χ4v) is 5.14. The zero-order valence-corrected chi connectivity index (χ0v) is 19.8. The van der Waals surface area contributed by atoms with Crippen LogP contribution in [0, 0.1) is 0 Å². The van der Waals surface area contributed by atoms with Crippen molar-refractivity contribution in [3.63, 3.8) is 0 Å². The summed E-state index contributed by atoms with van der Waals surface area (Å²) in [5.41, 5.74) is 1.22. The molecule has 2 aromatic heterocycles. The highest BCUT2D eigenvalue weighted by molar-refractivity contribution is 7.10. The molecule has 0 saturated heterocycles. The van der Waals surface area contributed by atoms with Gasteiger partial charge in [-0.25, -0.2) is 4.68 Å². The van der Waals surface area contributed by atoms with Crippen molar-refractivity contribution in [1.82, 2.24) is 25.2 Å². The van der Waals surface area contributed by atoms with Gasteiger partial charge in [-0.2, -0.15) is 0 Å². The standard InChI is InChI=1S/C24H31N5O2S/c1-4-24(2,3)25-23(31)22(20-14-9-15-32-20)29(17-10-5-6-11-17)21(30)16-28-19-13-8-7-12-18(19)26-27-28/h7-9,12-15,17,22H,4-6,10-11,16H2,1-3H3,(H,25,31). The van der Waals surface area contributed by atoms with E-state index < -0.39 is 6.04 Å². The van der Waals surface area contributed by atoms with Gasteiger partial charge in [-0.15, -0.1) is 16.4 Å². The van der Waals surface area contributed by atoms with E-state index in [1.807, 2.05) is 60.5 Å². The molecule has 1 aliphatic rings. The van der Waals surface area contributed by atoms with Crippen LogP contribution >= 0.6 is 11.3 Å². The molecule has 2 amide bonds. The molecule has 4 rings (SSSR count). The topological polar surface area (TPSA) is 80.1 Å². The lowest BCUT2D eigenvalue weighted by molar-refractivity contribution is -0.144. The van der Waals surface area contributed by atoms with Gasteiger partial charge in [0, 0.05) is 16.5 Å². The minimum atomic E-state index is -0.647. The maximum Gasteiger partial charge on any atom is 0.248 e. The Labute approximate surface area is 192 Å². The number of aromatic nitrogens is 3. The smallest absolute Gasteiger partial charge is 0.248 e. The SMILES string of the molecule is CCC(C)(C)NC(=O)C(c1cccs1)N(C(=O)Cn1nnc2ccccc21)C1CCCC1. The van der Waals surface area contributed by atoms with Crippen molar-refractivity contribution < 1.29 is 9.59 Å². The molecule has 1 aliphatic carbocycles. The molecule has 1 atom stereocenters. The van der Waals surface area contributed by atoms with Gasteiger partial charge < -0.3 is 10.2 Å². The van der Waals surface area contributed by atoms with Crippen LogP contribution < -0.4 is 5.32 Å². The van der Waals surface area contributed by atoms with Crippen LogP contribution in [0.15, 0.2) is 41.8 Å². The number of benzene rings is 1. The Hall–Kier alpha value is -2.74. The fraction of sp³-hybridized carbons (Fsp3) is 0.500. The first kappa shape index (κ1) is 22.5. The number of carbonyl (C=O) groups excluding carboxylic acids is 2. The summed E-state index contributed by atoms with van der Waals surface area (Å²) in [4.78, 5) is 30.1. The summed E-state index contributed by atoms with van der Waals surface area (Å²) in [6, 6.07) is 10.9. The van der Waals surface area contributed by atoms with E-state index in [-0.39, 0.29) is 29.9 Å². The van der Waals surface area contributed by atoms with Crippen LogP contribution in [0.2, 0.25) is 0 Å². The van der Waals surface area contributed by atoms with E-state index in [1.165, 1.54) is 11.3 Å². The number of fused-ring (bicyclic) bond motifs is 1. The average molecular weight is 454 g/mol. The van der Waals surface area contributed by atoms with E-state index >= 15 is 0 Å². The van der Waals surface area contributed by atoms with Crippen LogP contribution in [0.25, 0.3) is 11.0 Å². The number of rotatable bonds is 8. The molecule has 1 unspecified atom stereocenters. The lowest BCUT2D eigenvalue weighted by Crippen LogP contribution is -2.53. The third-order valence-electron chi connectivity index (χ3n) is 6.40. The average Bonchev–Trinajstić information content (AvgIpc) is 3.54. The van der Waals surface area contributed by atoms with Gasteiger partial charge in [0.2, 0.25) is 11.8 Å². The molecule has 1 aromatic carbocycles. The van der Waals surface area contributed by atoms with Crippen molar-refractivity contribution in [2.45, 2.75) is 77.0 Å². The van der Waals surface area contributed by atoms with Crippen molar-refractivity contribution in [2.75, 3.05) is 0 Å². The van der Waals surface area contributed by atoms with Crippen LogP contribution in [-0.2, 0) is 16.1 Å². The van der Waals surface area contributed by atoms with Gasteiger partial charge in [-0.1, -0.05) is 43.2 Å². The van der Waals surface area contributed by atoms with E-state index in [0.717, 1.165) is 48.0 Å². The number of nitrogens with zero attached hydrogens (tertiary/aromatic N) is 4. The summed E-state index contributed by atoms with van der Waals surface area (Å²) in [7, 11) is 0. The second kappa shape index (κ2) is 9.40. The van der Waals surface area contributed by atoms with Crippen LogP contribution in [0.4, 0.5) is 0 Å². The van der Waals surface area contributed by atoms with E-state index in [9.17, 15) is 9.59 Å². The normalized spacial score (nSPS) is 15.7. The molecule has 2 heterocycles. The van der Waals surface area contributed by atoms with Crippen LogP contribution in [0.1, 0.15) is 63.8 Å². The first-order valence-electron chi connectivity index (χ1n) is 11.3. The largest absolute Gasteiger partial charge is 0.349 e. The second-order valence-corrected chi connectivity index (χ2v) is 10.1. The third kappa shape index (κ3) is 4.70. The van der Waals surface area contributed by atoms with Gasteiger partial charge in [-0.3, -0.25) is 9.59 Å². The van der Waals surface area contributed by atoms with Crippen molar-refractivity contribution >= 4 is 34.2 Å². The van der Waals surface area contributed by atoms with Crippen molar-refractivity contribution in [3.05, 3.63) is 46.7 Å². The number of para-hydroxylation sites is 1. The van der Waals surface area contributed by atoms with Crippen LogP contribution in [0.5, 0.6) is 0 Å². The van der Waals surface area contributed by atoms with Crippen molar-refractivity contribution in [3.8, 4) is 0 Å². The number of thiophene rings is 1. The fourth-order valence-electron chi connectivity index (χ4n) is 4.31. The van der Waals surface area contributed by atoms with Crippen LogP contribution in [0.3, 0.4) is 0 Å². The monoisotopic (exact) mass is 453 g/mol. The minimum Gasteiger partial charge on any atom is -0.349 e. The summed E-state index contributed by atoms with van der Waals surface area (Å²) in [6.07, 6.45) is 4.77. The predicted octanol–water partition coefficient (Wildman–Crippen LogP) is 4.31. The Balaban J connectivity index is 1.69. The molecule has 8 heteroatoms. The van der Waals surface area contributed by atoms with Gasteiger partial charge in [-0.05, 0) is 56.7 Å². The number of hydrogen-bond donors (Lipinski definition) is 1. The van der Waals surface area contributed by atoms with Crippen molar-refractivity contribution in [2.24, 2.45) is 0 Å². The highest BCUT2D eigenvalue weighted by Gasteiger charge is 2.39. The Morgan fingerprint density at radius 1 is 1.22 bits per heavy atom. The van der Waals surface area contributed by atoms with E-state index in [0.29, 0.717) is 0 Å².